The predicted molar refractivity (Wildman–Crippen MR) is 85.8 cm³/mol. The summed E-state index contributed by atoms with van der Waals surface area (Å²) in [6.45, 7) is 7.34. The van der Waals surface area contributed by atoms with Crippen molar-refractivity contribution in [2.75, 3.05) is 18.0 Å². The monoisotopic (exact) mass is 308 g/mol. The minimum atomic E-state index is 0.619. The maximum atomic E-state index is 4.48. The molecule has 0 bridgehead atoms. The van der Waals surface area contributed by atoms with E-state index in [9.17, 15) is 0 Å². The SMILES string of the molecule is Cc1nc(C)c(CNC2CCN(c3nccs3)CC2)s1. The first-order valence-corrected chi connectivity index (χ1v) is 8.72. The van der Waals surface area contributed by atoms with E-state index in [4.69, 9.17) is 0 Å². The lowest BCUT2D eigenvalue weighted by Crippen LogP contribution is -2.42. The maximum absolute atomic E-state index is 4.48. The second kappa shape index (κ2) is 6.20. The van der Waals surface area contributed by atoms with Crippen molar-refractivity contribution in [2.45, 2.75) is 39.3 Å². The molecule has 1 saturated heterocycles. The maximum Gasteiger partial charge on any atom is 0.185 e. The van der Waals surface area contributed by atoms with Crippen LogP contribution in [-0.2, 0) is 6.54 Å². The van der Waals surface area contributed by atoms with Gasteiger partial charge in [0.15, 0.2) is 5.13 Å². The summed E-state index contributed by atoms with van der Waals surface area (Å²) in [7, 11) is 0. The Hall–Kier alpha value is -0.980. The van der Waals surface area contributed by atoms with Gasteiger partial charge in [0.25, 0.3) is 0 Å². The molecule has 3 heterocycles. The first-order chi connectivity index (χ1) is 9.72. The predicted octanol–water partition coefficient (Wildman–Crippen LogP) is 2.98. The molecule has 0 radical (unpaired) electrons. The smallest absolute Gasteiger partial charge is 0.185 e. The van der Waals surface area contributed by atoms with Crippen LogP contribution in [0.25, 0.3) is 0 Å². The van der Waals surface area contributed by atoms with Crippen molar-refractivity contribution in [3.05, 3.63) is 27.2 Å². The molecule has 1 N–H and O–H groups in total. The Morgan fingerprint density at radius 2 is 2.15 bits per heavy atom. The highest BCUT2D eigenvalue weighted by Crippen LogP contribution is 2.23. The van der Waals surface area contributed by atoms with Crippen LogP contribution in [0.1, 0.15) is 28.4 Å². The van der Waals surface area contributed by atoms with Crippen molar-refractivity contribution in [1.29, 1.82) is 0 Å². The van der Waals surface area contributed by atoms with Crippen molar-refractivity contribution in [1.82, 2.24) is 15.3 Å². The number of hydrogen-bond donors (Lipinski definition) is 1. The zero-order valence-electron chi connectivity index (χ0n) is 11.9. The number of hydrogen-bond acceptors (Lipinski definition) is 6. The van der Waals surface area contributed by atoms with Gasteiger partial charge in [-0.2, -0.15) is 0 Å². The zero-order chi connectivity index (χ0) is 13.9. The van der Waals surface area contributed by atoms with E-state index in [1.807, 2.05) is 17.5 Å². The average Bonchev–Trinajstić information content (AvgIpc) is 3.07. The number of piperidine rings is 1. The van der Waals surface area contributed by atoms with Crippen LogP contribution in [0.15, 0.2) is 11.6 Å². The average molecular weight is 308 g/mol. The topological polar surface area (TPSA) is 41.1 Å². The zero-order valence-corrected chi connectivity index (χ0v) is 13.6. The lowest BCUT2D eigenvalue weighted by atomic mass is 10.1. The highest BCUT2D eigenvalue weighted by molar-refractivity contribution is 7.13. The van der Waals surface area contributed by atoms with Gasteiger partial charge in [0, 0.05) is 42.1 Å². The summed E-state index contributed by atoms with van der Waals surface area (Å²) in [5.74, 6) is 0. The molecule has 108 valence electrons. The largest absolute Gasteiger partial charge is 0.348 e. The normalized spacial score (nSPS) is 16.8. The number of thiazole rings is 2. The Labute approximate surface area is 127 Å². The number of anilines is 1. The van der Waals surface area contributed by atoms with Gasteiger partial charge in [0.1, 0.15) is 0 Å². The molecule has 1 aliphatic rings. The van der Waals surface area contributed by atoms with Gasteiger partial charge in [-0.3, -0.25) is 0 Å². The van der Waals surface area contributed by atoms with Crippen LogP contribution in [0.3, 0.4) is 0 Å². The van der Waals surface area contributed by atoms with Gasteiger partial charge in [0.05, 0.1) is 10.7 Å². The minimum absolute atomic E-state index is 0.619. The fourth-order valence-electron chi connectivity index (χ4n) is 2.62. The van der Waals surface area contributed by atoms with Crippen LogP contribution in [-0.4, -0.2) is 29.1 Å². The molecule has 0 unspecified atom stereocenters. The molecular weight excluding hydrogens is 288 g/mol. The summed E-state index contributed by atoms with van der Waals surface area (Å²) < 4.78 is 0. The second-order valence-electron chi connectivity index (χ2n) is 5.20. The minimum Gasteiger partial charge on any atom is -0.348 e. The number of aromatic nitrogens is 2. The number of aryl methyl sites for hydroxylation is 2. The molecule has 6 heteroatoms. The van der Waals surface area contributed by atoms with E-state index < -0.39 is 0 Å². The molecule has 0 aromatic carbocycles. The summed E-state index contributed by atoms with van der Waals surface area (Å²) in [5, 5.41) is 8.06. The summed E-state index contributed by atoms with van der Waals surface area (Å²) in [4.78, 5) is 12.6. The molecule has 0 saturated carbocycles. The van der Waals surface area contributed by atoms with E-state index in [-0.39, 0.29) is 0 Å². The lowest BCUT2D eigenvalue weighted by Gasteiger charge is -2.32. The molecule has 0 aliphatic carbocycles. The molecule has 0 atom stereocenters. The third-order valence-corrected chi connectivity index (χ3v) is 5.64. The quantitative estimate of drug-likeness (QED) is 0.943. The fourth-order valence-corrected chi connectivity index (χ4v) is 4.21. The molecule has 1 aliphatic heterocycles. The molecule has 2 aromatic rings. The number of rotatable bonds is 4. The van der Waals surface area contributed by atoms with Gasteiger partial charge >= 0.3 is 0 Å². The first-order valence-electron chi connectivity index (χ1n) is 7.03. The van der Waals surface area contributed by atoms with E-state index in [2.05, 4.69) is 39.4 Å². The van der Waals surface area contributed by atoms with E-state index >= 15 is 0 Å². The van der Waals surface area contributed by atoms with Gasteiger partial charge in [-0.1, -0.05) is 0 Å². The van der Waals surface area contributed by atoms with Crippen LogP contribution in [0, 0.1) is 13.8 Å². The molecule has 20 heavy (non-hydrogen) atoms. The Bertz CT molecular complexity index is 542. The van der Waals surface area contributed by atoms with Gasteiger partial charge in [-0.15, -0.1) is 22.7 Å². The van der Waals surface area contributed by atoms with Crippen molar-refractivity contribution in [3.63, 3.8) is 0 Å². The number of nitrogens with zero attached hydrogens (tertiary/aromatic N) is 3. The summed E-state index contributed by atoms with van der Waals surface area (Å²) >= 11 is 3.54. The fraction of sp³-hybridized carbons (Fsp3) is 0.571. The third kappa shape index (κ3) is 3.19. The second-order valence-corrected chi connectivity index (χ2v) is 7.36. The van der Waals surface area contributed by atoms with Crippen LogP contribution in [0.2, 0.25) is 0 Å². The Morgan fingerprint density at radius 3 is 2.75 bits per heavy atom. The van der Waals surface area contributed by atoms with E-state index in [0.717, 1.165) is 29.8 Å². The molecule has 1 fully saturated rings. The highest BCUT2D eigenvalue weighted by Gasteiger charge is 2.20. The van der Waals surface area contributed by atoms with Gasteiger partial charge in [-0.05, 0) is 26.7 Å². The molecular formula is C14H20N4S2. The molecule has 0 spiro atoms. The van der Waals surface area contributed by atoms with Crippen LogP contribution >= 0.6 is 22.7 Å². The van der Waals surface area contributed by atoms with Crippen molar-refractivity contribution in [3.8, 4) is 0 Å². The molecule has 0 amide bonds. The summed E-state index contributed by atoms with van der Waals surface area (Å²) in [6, 6.07) is 0.619. The summed E-state index contributed by atoms with van der Waals surface area (Å²) in [6.07, 6.45) is 4.27. The van der Waals surface area contributed by atoms with Crippen LogP contribution in [0.4, 0.5) is 5.13 Å². The molecule has 3 rings (SSSR count). The van der Waals surface area contributed by atoms with Crippen molar-refractivity contribution >= 4 is 27.8 Å². The van der Waals surface area contributed by atoms with Crippen molar-refractivity contribution < 1.29 is 0 Å². The summed E-state index contributed by atoms with van der Waals surface area (Å²) in [5.41, 5.74) is 1.18. The standard InChI is InChI=1S/C14H20N4S2/c1-10-13(20-11(2)17-10)9-16-12-3-6-18(7-4-12)14-15-5-8-19-14/h5,8,12,16H,3-4,6-7,9H2,1-2H3. The number of nitrogens with one attached hydrogen (secondary N) is 1. The lowest BCUT2D eigenvalue weighted by molar-refractivity contribution is 0.415. The van der Waals surface area contributed by atoms with Crippen LogP contribution < -0.4 is 10.2 Å². The Morgan fingerprint density at radius 1 is 1.35 bits per heavy atom. The van der Waals surface area contributed by atoms with Crippen LogP contribution in [0.5, 0.6) is 0 Å². The van der Waals surface area contributed by atoms with Gasteiger partial charge < -0.3 is 10.2 Å². The molecule has 4 nitrogen and oxygen atoms in total. The molecule has 2 aromatic heterocycles. The Balaban J connectivity index is 1.48. The van der Waals surface area contributed by atoms with E-state index in [1.165, 1.54) is 23.4 Å². The van der Waals surface area contributed by atoms with Gasteiger partial charge in [0.2, 0.25) is 0 Å². The van der Waals surface area contributed by atoms with E-state index in [0.29, 0.717) is 6.04 Å². The first kappa shape index (κ1) is 14.0. The van der Waals surface area contributed by atoms with Gasteiger partial charge in [-0.25, -0.2) is 9.97 Å². The van der Waals surface area contributed by atoms with Crippen molar-refractivity contribution in [2.24, 2.45) is 0 Å². The third-order valence-electron chi connectivity index (χ3n) is 3.74. The highest BCUT2D eigenvalue weighted by atomic mass is 32.1. The van der Waals surface area contributed by atoms with E-state index in [1.54, 1.807) is 11.3 Å². The Kier molecular flexibility index (Phi) is 4.33.